The molecule has 0 bridgehead atoms. The van der Waals surface area contributed by atoms with E-state index >= 15 is 0 Å². The average Bonchev–Trinajstić information content (AvgIpc) is 3.28. The molecule has 1 aromatic carbocycles. The van der Waals surface area contributed by atoms with Crippen molar-refractivity contribution >= 4 is 11.8 Å². The van der Waals surface area contributed by atoms with Crippen molar-refractivity contribution in [3.63, 3.8) is 0 Å². The van der Waals surface area contributed by atoms with Crippen LogP contribution in [-0.2, 0) is 11.3 Å². The van der Waals surface area contributed by atoms with E-state index in [4.69, 9.17) is 4.52 Å². The van der Waals surface area contributed by atoms with Crippen molar-refractivity contribution in [1.29, 1.82) is 0 Å². The van der Waals surface area contributed by atoms with Gasteiger partial charge in [0.05, 0.1) is 0 Å². The minimum atomic E-state index is -0.507. The van der Waals surface area contributed by atoms with Crippen LogP contribution < -0.4 is 5.32 Å². The highest BCUT2D eigenvalue weighted by Crippen LogP contribution is 2.24. The normalized spacial score (nSPS) is 16.3. The Labute approximate surface area is 175 Å². The van der Waals surface area contributed by atoms with Crippen LogP contribution in [-0.4, -0.2) is 39.4 Å². The average molecular weight is 404 g/mol. The number of rotatable bonds is 5. The van der Waals surface area contributed by atoms with E-state index in [0.29, 0.717) is 25.3 Å². The van der Waals surface area contributed by atoms with Crippen molar-refractivity contribution in [2.24, 2.45) is 0 Å². The van der Waals surface area contributed by atoms with Crippen LogP contribution in [0.1, 0.15) is 40.9 Å². The number of aryl methyl sites for hydroxylation is 1. The van der Waals surface area contributed by atoms with Crippen LogP contribution in [0.5, 0.6) is 0 Å². The van der Waals surface area contributed by atoms with Crippen LogP contribution in [0.4, 0.5) is 0 Å². The Hall–Kier alpha value is -3.48. The fourth-order valence-electron chi connectivity index (χ4n) is 3.63. The van der Waals surface area contributed by atoms with Gasteiger partial charge in [-0.15, -0.1) is 0 Å². The Morgan fingerprint density at radius 3 is 2.67 bits per heavy atom. The van der Waals surface area contributed by atoms with Crippen LogP contribution >= 0.6 is 0 Å². The molecular formula is C23H24N4O3. The number of likely N-dealkylation sites (tertiary alicyclic amines) is 1. The van der Waals surface area contributed by atoms with Crippen LogP contribution in [0.15, 0.2) is 59.4 Å². The third kappa shape index (κ3) is 4.40. The zero-order chi connectivity index (χ0) is 20.9. The molecule has 0 spiro atoms. The number of aromatic nitrogens is 2. The maximum Gasteiger partial charge on any atom is 0.276 e. The van der Waals surface area contributed by atoms with Crippen molar-refractivity contribution in [2.75, 3.05) is 6.54 Å². The van der Waals surface area contributed by atoms with Gasteiger partial charge in [0.1, 0.15) is 6.04 Å². The van der Waals surface area contributed by atoms with Crippen molar-refractivity contribution in [1.82, 2.24) is 20.4 Å². The molecule has 0 saturated carbocycles. The van der Waals surface area contributed by atoms with E-state index < -0.39 is 6.04 Å². The van der Waals surface area contributed by atoms with E-state index in [1.807, 2.05) is 43.3 Å². The molecule has 7 heteroatoms. The summed E-state index contributed by atoms with van der Waals surface area (Å²) in [6, 6.07) is 12.7. The summed E-state index contributed by atoms with van der Waals surface area (Å²) in [5.74, 6) is 0.108. The highest BCUT2D eigenvalue weighted by molar-refractivity contribution is 5.96. The second-order valence-corrected chi connectivity index (χ2v) is 7.53. The molecule has 30 heavy (non-hydrogen) atoms. The number of piperidine rings is 1. The number of pyridine rings is 1. The first kappa shape index (κ1) is 19.8. The summed E-state index contributed by atoms with van der Waals surface area (Å²) in [5, 5.41) is 6.91. The fraction of sp³-hybridized carbons (Fsp3) is 0.304. The highest BCUT2D eigenvalue weighted by atomic mass is 16.5. The van der Waals surface area contributed by atoms with Gasteiger partial charge >= 0.3 is 0 Å². The van der Waals surface area contributed by atoms with E-state index in [9.17, 15) is 9.59 Å². The molecule has 1 N–H and O–H groups in total. The van der Waals surface area contributed by atoms with Crippen molar-refractivity contribution in [2.45, 2.75) is 38.8 Å². The van der Waals surface area contributed by atoms with Gasteiger partial charge in [-0.2, -0.15) is 0 Å². The van der Waals surface area contributed by atoms with E-state index in [-0.39, 0.29) is 17.5 Å². The number of benzene rings is 1. The number of carbonyl (C=O) groups excluding carboxylic acids is 2. The second kappa shape index (κ2) is 8.90. The summed E-state index contributed by atoms with van der Waals surface area (Å²) in [7, 11) is 0. The van der Waals surface area contributed by atoms with Gasteiger partial charge in [-0.3, -0.25) is 14.6 Å². The topological polar surface area (TPSA) is 88.3 Å². The molecule has 1 saturated heterocycles. The molecule has 1 aliphatic rings. The summed E-state index contributed by atoms with van der Waals surface area (Å²) in [5.41, 5.74) is 3.19. The van der Waals surface area contributed by atoms with Gasteiger partial charge < -0.3 is 14.7 Å². The van der Waals surface area contributed by atoms with Gasteiger partial charge in [0.25, 0.3) is 5.91 Å². The number of amides is 2. The zero-order valence-electron chi connectivity index (χ0n) is 16.9. The maximum absolute atomic E-state index is 13.1. The molecule has 2 amide bonds. The quantitative estimate of drug-likeness (QED) is 0.704. The summed E-state index contributed by atoms with van der Waals surface area (Å²) in [6.45, 7) is 2.94. The Kier molecular flexibility index (Phi) is 5.88. The van der Waals surface area contributed by atoms with Gasteiger partial charge in [-0.1, -0.05) is 35.0 Å². The molecule has 3 heterocycles. The van der Waals surface area contributed by atoms with Gasteiger partial charge in [0.15, 0.2) is 11.5 Å². The lowest BCUT2D eigenvalue weighted by Gasteiger charge is -2.34. The molecule has 0 unspecified atom stereocenters. The van der Waals surface area contributed by atoms with Gasteiger partial charge in [0, 0.05) is 37.1 Å². The first-order valence-electron chi connectivity index (χ1n) is 10.1. The number of hydrogen-bond acceptors (Lipinski definition) is 5. The first-order chi connectivity index (χ1) is 14.6. The lowest BCUT2D eigenvalue weighted by atomic mass is 10.0. The molecule has 1 atom stereocenters. The Balaban J connectivity index is 1.46. The van der Waals surface area contributed by atoms with Crippen LogP contribution in [0, 0.1) is 6.92 Å². The Morgan fingerprint density at radius 2 is 1.90 bits per heavy atom. The molecule has 1 fully saturated rings. The predicted molar refractivity (Wildman–Crippen MR) is 111 cm³/mol. The summed E-state index contributed by atoms with van der Waals surface area (Å²) < 4.78 is 5.40. The number of nitrogens with one attached hydrogen (secondary N) is 1. The van der Waals surface area contributed by atoms with Gasteiger partial charge in [-0.25, -0.2) is 0 Å². The predicted octanol–water partition coefficient (Wildman–Crippen LogP) is 3.36. The summed E-state index contributed by atoms with van der Waals surface area (Å²) in [4.78, 5) is 31.5. The van der Waals surface area contributed by atoms with E-state index in [1.165, 1.54) is 0 Å². The minimum absolute atomic E-state index is 0.151. The van der Waals surface area contributed by atoms with Gasteiger partial charge in [0.2, 0.25) is 5.91 Å². The zero-order valence-corrected chi connectivity index (χ0v) is 16.9. The molecule has 154 valence electrons. The lowest BCUT2D eigenvalue weighted by Crippen LogP contribution is -2.51. The molecule has 0 aliphatic carbocycles. The first-order valence-corrected chi connectivity index (χ1v) is 10.1. The van der Waals surface area contributed by atoms with Crippen molar-refractivity contribution in [3.05, 3.63) is 71.7 Å². The number of hydrogen-bond donors (Lipinski definition) is 1. The minimum Gasteiger partial charge on any atom is -0.355 e. The molecule has 2 aromatic heterocycles. The van der Waals surface area contributed by atoms with Crippen LogP contribution in [0.3, 0.4) is 0 Å². The number of carbonyl (C=O) groups is 2. The van der Waals surface area contributed by atoms with Crippen LogP contribution in [0.2, 0.25) is 0 Å². The van der Waals surface area contributed by atoms with E-state index in [2.05, 4.69) is 15.5 Å². The largest absolute Gasteiger partial charge is 0.355 e. The standard InChI is InChI=1S/C23H24N4O3/c1-16-5-7-18(8-6-16)21-14-19(26-30-21)23(29)27-13-3-2-4-20(27)22(28)25-15-17-9-11-24-12-10-17/h5-12,14,20H,2-4,13,15H2,1H3,(H,25,28)/t20-/m1/s1. The molecule has 4 rings (SSSR count). The molecule has 1 aliphatic heterocycles. The molecule has 7 nitrogen and oxygen atoms in total. The Morgan fingerprint density at radius 1 is 1.13 bits per heavy atom. The molecular weight excluding hydrogens is 380 g/mol. The molecule has 3 aromatic rings. The second-order valence-electron chi connectivity index (χ2n) is 7.53. The van der Waals surface area contributed by atoms with Crippen molar-refractivity contribution in [3.8, 4) is 11.3 Å². The summed E-state index contributed by atoms with van der Waals surface area (Å²) >= 11 is 0. The smallest absolute Gasteiger partial charge is 0.276 e. The Bertz CT molecular complexity index is 1010. The summed E-state index contributed by atoms with van der Waals surface area (Å²) in [6.07, 6.45) is 5.78. The third-order valence-corrected chi connectivity index (χ3v) is 5.35. The van der Waals surface area contributed by atoms with Crippen LogP contribution in [0.25, 0.3) is 11.3 Å². The monoisotopic (exact) mass is 404 g/mol. The fourth-order valence-corrected chi connectivity index (χ4v) is 3.63. The highest BCUT2D eigenvalue weighted by Gasteiger charge is 2.33. The molecule has 0 radical (unpaired) electrons. The van der Waals surface area contributed by atoms with Gasteiger partial charge in [-0.05, 0) is 43.9 Å². The van der Waals surface area contributed by atoms with E-state index in [1.54, 1.807) is 23.4 Å². The number of nitrogens with zero attached hydrogens (tertiary/aromatic N) is 3. The van der Waals surface area contributed by atoms with Crippen molar-refractivity contribution < 1.29 is 14.1 Å². The SMILES string of the molecule is Cc1ccc(-c2cc(C(=O)N3CCCC[C@@H]3C(=O)NCc3ccncc3)no2)cc1. The third-order valence-electron chi connectivity index (χ3n) is 5.35. The lowest BCUT2D eigenvalue weighted by molar-refractivity contribution is -0.126. The maximum atomic E-state index is 13.1. The van der Waals surface area contributed by atoms with E-state index in [0.717, 1.165) is 29.5 Å².